The fraction of sp³-hybridized carbons (Fsp3) is 1.00. The summed E-state index contributed by atoms with van der Waals surface area (Å²) in [4.78, 5) is 0. The average molecular weight is 258 g/mol. The van der Waals surface area contributed by atoms with Crippen LogP contribution in [-0.2, 0) is 0 Å². The summed E-state index contributed by atoms with van der Waals surface area (Å²) >= 11 is 0. The fourth-order valence-electron chi connectivity index (χ4n) is 2.19. The van der Waals surface area contributed by atoms with E-state index in [4.69, 9.17) is 10.8 Å². The zero-order valence-electron chi connectivity index (χ0n) is 12.5. The van der Waals surface area contributed by atoms with Gasteiger partial charge in [0.1, 0.15) is 0 Å². The van der Waals surface area contributed by atoms with Crippen LogP contribution in [0.5, 0.6) is 0 Å². The van der Waals surface area contributed by atoms with Crippen molar-refractivity contribution >= 4 is 0 Å². The molecule has 0 rings (SSSR count). The summed E-state index contributed by atoms with van der Waals surface area (Å²) in [6.45, 7) is 6.52. The molecule has 0 aromatic heterocycles. The summed E-state index contributed by atoms with van der Waals surface area (Å²) in [6.07, 6.45) is 10.9. The van der Waals surface area contributed by atoms with E-state index < -0.39 is 0 Å². The van der Waals surface area contributed by atoms with Crippen LogP contribution in [0.3, 0.4) is 0 Å². The second-order valence-corrected chi connectivity index (χ2v) is 5.64. The van der Waals surface area contributed by atoms with E-state index in [1.54, 1.807) is 0 Å². The molecular weight excluding hydrogens is 224 g/mol. The Morgan fingerprint density at radius 1 is 1.00 bits per heavy atom. The molecule has 18 heavy (non-hydrogen) atoms. The van der Waals surface area contributed by atoms with Crippen molar-refractivity contribution in [2.45, 2.75) is 77.2 Å². The lowest BCUT2D eigenvalue weighted by molar-refractivity contribution is 0.278. The molecule has 4 N–H and O–H groups in total. The van der Waals surface area contributed by atoms with Crippen LogP contribution >= 0.6 is 0 Å². The molecule has 3 nitrogen and oxygen atoms in total. The molecule has 0 aliphatic rings. The zero-order chi connectivity index (χ0) is 13.7. The average Bonchev–Trinajstić information content (AvgIpc) is 2.38. The van der Waals surface area contributed by atoms with Crippen molar-refractivity contribution in [3.8, 4) is 0 Å². The third-order valence-electron chi connectivity index (χ3n) is 3.67. The second kappa shape index (κ2) is 11.9. The molecular formula is C15H34N2O. The molecule has 0 heterocycles. The quantitative estimate of drug-likeness (QED) is 0.445. The molecule has 0 saturated heterocycles. The van der Waals surface area contributed by atoms with E-state index in [1.165, 1.54) is 38.5 Å². The number of hydrogen-bond donors (Lipinski definition) is 3. The first-order valence-electron chi connectivity index (χ1n) is 7.74. The van der Waals surface area contributed by atoms with Crippen molar-refractivity contribution in [2.75, 3.05) is 19.7 Å². The van der Waals surface area contributed by atoms with E-state index in [1.807, 2.05) is 0 Å². The Labute approximate surface area is 114 Å². The van der Waals surface area contributed by atoms with Gasteiger partial charge in [-0.1, -0.05) is 39.0 Å². The van der Waals surface area contributed by atoms with Crippen LogP contribution in [0.25, 0.3) is 0 Å². The zero-order valence-corrected chi connectivity index (χ0v) is 12.5. The maximum absolute atomic E-state index is 8.72. The largest absolute Gasteiger partial charge is 0.396 e. The Kier molecular flexibility index (Phi) is 11.9. The van der Waals surface area contributed by atoms with Gasteiger partial charge in [0.15, 0.2) is 0 Å². The fourth-order valence-corrected chi connectivity index (χ4v) is 2.19. The summed E-state index contributed by atoms with van der Waals surface area (Å²) in [5.41, 5.74) is 5.99. The third kappa shape index (κ3) is 9.86. The number of nitrogens with one attached hydrogen (secondary N) is 1. The summed E-state index contributed by atoms with van der Waals surface area (Å²) in [5.74, 6) is 0. The number of rotatable bonds is 13. The first kappa shape index (κ1) is 17.9. The van der Waals surface area contributed by atoms with E-state index in [0.29, 0.717) is 13.2 Å². The molecule has 0 amide bonds. The molecule has 0 bridgehead atoms. The van der Waals surface area contributed by atoms with E-state index in [-0.39, 0.29) is 5.54 Å². The summed E-state index contributed by atoms with van der Waals surface area (Å²) in [6, 6.07) is 0. The summed E-state index contributed by atoms with van der Waals surface area (Å²) in [7, 11) is 0. The molecule has 0 aromatic carbocycles. The van der Waals surface area contributed by atoms with E-state index in [9.17, 15) is 0 Å². The van der Waals surface area contributed by atoms with Gasteiger partial charge >= 0.3 is 0 Å². The van der Waals surface area contributed by atoms with Gasteiger partial charge in [-0.15, -0.1) is 0 Å². The normalized spacial score (nSPS) is 14.7. The van der Waals surface area contributed by atoms with Crippen LogP contribution in [-0.4, -0.2) is 30.3 Å². The minimum Gasteiger partial charge on any atom is -0.396 e. The van der Waals surface area contributed by atoms with Crippen molar-refractivity contribution in [2.24, 2.45) is 5.73 Å². The number of aliphatic hydroxyl groups excluding tert-OH is 1. The molecule has 0 aromatic rings. The smallest absolute Gasteiger partial charge is 0.0431 e. The molecule has 0 radical (unpaired) electrons. The van der Waals surface area contributed by atoms with Crippen molar-refractivity contribution in [1.82, 2.24) is 5.32 Å². The monoisotopic (exact) mass is 258 g/mol. The first-order valence-corrected chi connectivity index (χ1v) is 7.74. The van der Waals surface area contributed by atoms with Gasteiger partial charge in [-0.3, -0.25) is 0 Å². The van der Waals surface area contributed by atoms with Crippen LogP contribution in [0.2, 0.25) is 0 Å². The lowest BCUT2D eigenvalue weighted by Gasteiger charge is -2.30. The molecule has 110 valence electrons. The van der Waals surface area contributed by atoms with Crippen LogP contribution in [0.15, 0.2) is 0 Å². The number of hydrogen-bond acceptors (Lipinski definition) is 3. The topological polar surface area (TPSA) is 58.3 Å². The predicted octanol–water partition coefficient (Wildman–Crippen LogP) is 2.82. The SMILES string of the molecule is CCCCCCCC(C)(CN)NCCCCCO. The van der Waals surface area contributed by atoms with Gasteiger partial charge in [0.2, 0.25) is 0 Å². The highest BCUT2D eigenvalue weighted by atomic mass is 16.2. The van der Waals surface area contributed by atoms with Crippen molar-refractivity contribution < 1.29 is 5.11 Å². The predicted molar refractivity (Wildman–Crippen MR) is 79.8 cm³/mol. The van der Waals surface area contributed by atoms with E-state index in [0.717, 1.165) is 25.8 Å². The van der Waals surface area contributed by atoms with Gasteiger partial charge in [0.25, 0.3) is 0 Å². The molecule has 1 unspecified atom stereocenters. The highest BCUT2D eigenvalue weighted by Gasteiger charge is 2.20. The van der Waals surface area contributed by atoms with Gasteiger partial charge in [0, 0.05) is 18.7 Å². The Bertz CT molecular complexity index is 160. The van der Waals surface area contributed by atoms with Crippen molar-refractivity contribution in [1.29, 1.82) is 0 Å². The van der Waals surface area contributed by atoms with Gasteiger partial charge in [-0.25, -0.2) is 0 Å². The maximum Gasteiger partial charge on any atom is 0.0431 e. The van der Waals surface area contributed by atoms with Crippen LogP contribution in [0, 0.1) is 0 Å². The van der Waals surface area contributed by atoms with Gasteiger partial charge in [0.05, 0.1) is 0 Å². The van der Waals surface area contributed by atoms with Crippen molar-refractivity contribution in [3.63, 3.8) is 0 Å². The number of nitrogens with two attached hydrogens (primary N) is 1. The Hall–Kier alpha value is -0.120. The Morgan fingerprint density at radius 3 is 2.28 bits per heavy atom. The Balaban J connectivity index is 3.60. The lowest BCUT2D eigenvalue weighted by Crippen LogP contribution is -2.48. The van der Waals surface area contributed by atoms with E-state index in [2.05, 4.69) is 19.2 Å². The molecule has 0 aliphatic carbocycles. The van der Waals surface area contributed by atoms with E-state index >= 15 is 0 Å². The van der Waals surface area contributed by atoms with Crippen LogP contribution < -0.4 is 11.1 Å². The van der Waals surface area contributed by atoms with Crippen LogP contribution in [0.4, 0.5) is 0 Å². The lowest BCUT2D eigenvalue weighted by atomic mass is 9.93. The molecule has 0 fully saturated rings. The summed E-state index contributed by atoms with van der Waals surface area (Å²) < 4.78 is 0. The van der Waals surface area contributed by atoms with Gasteiger partial charge < -0.3 is 16.2 Å². The first-order chi connectivity index (χ1) is 8.68. The standard InChI is InChI=1S/C15H34N2O/c1-3-4-5-6-8-11-15(2,14-16)17-12-9-7-10-13-18/h17-18H,3-14,16H2,1-2H3. The second-order valence-electron chi connectivity index (χ2n) is 5.64. The minimum absolute atomic E-state index is 0.103. The highest BCUT2D eigenvalue weighted by Crippen LogP contribution is 2.15. The molecule has 1 atom stereocenters. The minimum atomic E-state index is 0.103. The maximum atomic E-state index is 8.72. The van der Waals surface area contributed by atoms with Gasteiger partial charge in [-0.05, 0) is 39.2 Å². The number of unbranched alkanes of at least 4 members (excludes halogenated alkanes) is 6. The molecule has 0 saturated carbocycles. The third-order valence-corrected chi connectivity index (χ3v) is 3.67. The van der Waals surface area contributed by atoms with Crippen LogP contribution in [0.1, 0.15) is 71.6 Å². The molecule has 3 heteroatoms. The molecule has 0 spiro atoms. The Morgan fingerprint density at radius 2 is 1.67 bits per heavy atom. The van der Waals surface area contributed by atoms with Crippen molar-refractivity contribution in [3.05, 3.63) is 0 Å². The number of aliphatic hydroxyl groups is 1. The highest BCUT2D eigenvalue weighted by molar-refractivity contribution is 4.83. The summed E-state index contributed by atoms with van der Waals surface area (Å²) in [5, 5.41) is 12.3. The van der Waals surface area contributed by atoms with Gasteiger partial charge in [-0.2, -0.15) is 0 Å². The molecule has 0 aliphatic heterocycles.